The normalized spacial score (nSPS) is 11.0. The first-order valence-corrected chi connectivity index (χ1v) is 7.56. The van der Waals surface area contributed by atoms with E-state index in [-0.39, 0.29) is 23.8 Å². The van der Waals surface area contributed by atoms with Crippen molar-refractivity contribution >= 4 is 5.91 Å². The minimum absolute atomic E-state index is 0.0561. The number of carbonyl (C=O) groups excluding carboxylic acids is 1. The molecule has 0 saturated carbocycles. The highest BCUT2D eigenvalue weighted by molar-refractivity contribution is 5.94. The Morgan fingerprint density at radius 2 is 1.65 bits per heavy atom. The lowest BCUT2D eigenvalue weighted by Gasteiger charge is -2.20. The van der Waals surface area contributed by atoms with Crippen LogP contribution in [-0.2, 0) is 6.54 Å². The van der Waals surface area contributed by atoms with Gasteiger partial charge in [0.15, 0.2) is 11.5 Å². The molecule has 1 amide bonds. The fourth-order valence-electron chi connectivity index (χ4n) is 2.38. The van der Waals surface area contributed by atoms with E-state index in [1.807, 2.05) is 0 Å². The molecule has 0 aromatic heterocycles. The van der Waals surface area contributed by atoms with Crippen LogP contribution in [0.3, 0.4) is 0 Å². The number of methoxy groups -OCH3 is 2. The number of benzene rings is 2. The van der Waals surface area contributed by atoms with Gasteiger partial charge in [-0.2, -0.15) is 0 Å². The minimum atomic E-state index is -4.80. The maximum absolute atomic E-state index is 12.6. The van der Waals surface area contributed by atoms with Crippen LogP contribution in [0.25, 0.3) is 0 Å². The van der Waals surface area contributed by atoms with Crippen molar-refractivity contribution in [1.29, 1.82) is 0 Å². The van der Waals surface area contributed by atoms with Gasteiger partial charge in [0.05, 0.1) is 14.2 Å². The van der Waals surface area contributed by atoms with Crippen LogP contribution in [0.5, 0.6) is 17.2 Å². The highest BCUT2D eigenvalue weighted by atomic mass is 19.4. The zero-order valence-corrected chi connectivity index (χ0v) is 14.5. The third-order valence-corrected chi connectivity index (χ3v) is 3.58. The predicted molar refractivity (Wildman–Crippen MR) is 88.5 cm³/mol. The van der Waals surface area contributed by atoms with Gasteiger partial charge in [-0.3, -0.25) is 4.79 Å². The Bertz CT molecular complexity index is 777. The van der Waals surface area contributed by atoms with Gasteiger partial charge in [0.1, 0.15) is 5.75 Å². The molecule has 0 fully saturated rings. The first-order valence-electron chi connectivity index (χ1n) is 7.56. The van der Waals surface area contributed by atoms with E-state index >= 15 is 0 Å². The molecule has 0 aliphatic heterocycles. The maximum Gasteiger partial charge on any atom is 0.573 e. The van der Waals surface area contributed by atoms with Gasteiger partial charge in [0, 0.05) is 24.7 Å². The third-order valence-electron chi connectivity index (χ3n) is 3.58. The highest BCUT2D eigenvalue weighted by Crippen LogP contribution is 2.29. The van der Waals surface area contributed by atoms with Crippen LogP contribution in [-0.4, -0.2) is 38.4 Å². The van der Waals surface area contributed by atoms with E-state index in [1.165, 1.54) is 50.4 Å². The summed E-state index contributed by atoms with van der Waals surface area (Å²) in [5.74, 6) is 0.128. The smallest absolute Gasteiger partial charge is 0.493 e. The molecule has 0 N–H and O–H groups in total. The van der Waals surface area contributed by atoms with Gasteiger partial charge in [-0.05, 0) is 24.3 Å². The van der Waals surface area contributed by atoms with Gasteiger partial charge in [-0.25, -0.2) is 0 Å². The summed E-state index contributed by atoms with van der Waals surface area (Å²) in [6.07, 6.45) is -4.80. The SMILES string of the molecule is COc1ccc(C(=O)N(C)Cc2ccccc2OC(F)(F)F)cc1OC. The van der Waals surface area contributed by atoms with Crippen LogP contribution in [0.15, 0.2) is 42.5 Å². The highest BCUT2D eigenvalue weighted by Gasteiger charge is 2.32. The number of para-hydroxylation sites is 1. The lowest BCUT2D eigenvalue weighted by Crippen LogP contribution is -2.27. The molecule has 5 nitrogen and oxygen atoms in total. The molecule has 8 heteroatoms. The number of halogens is 3. The van der Waals surface area contributed by atoms with E-state index < -0.39 is 6.36 Å². The number of hydrogen-bond acceptors (Lipinski definition) is 4. The Balaban J connectivity index is 2.20. The Kier molecular flexibility index (Phi) is 5.97. The average molecular weight is 369 g/mol. The fraction of sp³-hybridized carbons (Fsp3) is 0.278. The minimum Gasteiger partial charge on any atom is -0.493 e. The largest absolute Gasteiger partial charge is 0.573 e. The number of carbonyl (C=O) groups is 1. The number of ether oxygens (including phenoxy) is 3. The molecule has 0 atom stereocenters. The first kappa shape index (κ1) is 19.4. The van der Waals surface area contributed by atoms with Crippen LogP contribution >= 0.6 is 0 Å². The number of rotatable bonds is 6. The molecule has 0 spiro atoms. The van der Waals surface area contributed by atoms with Crippen molar-refractivity contribution in [3.05, 3.63) is 53.6 Å². The van der Waals surface area contributed by atoms with Crippen LogP contribution in [0, 0.1) is 0 Å². The molecule has 0 bridgehead atoms. The summed E-state index contributed by atoms with van der Waals surface area (Å²) in [5.41, 5.74) is 0.556. The predicted octanol–water partition coefficient (Wildman–Crippen LogP) is 3.87. The van der Waals surface area contributed by atoms with Crippen LogP contribution in [0.1, 0.15) is 15.9 Å². The van der Waals surface area contributed by atoms with E-state index in [1.54, 1.807) is 18.2 Å². The Hall–Kier alpha value is -2.90. The molecule has 2 rings (SSSR count). The Labute approximate surface area is 148 Å². The van der Waals surface area contributed by atoms with Crippen molar-refractivity contribution in [1.82, 2.24) is 4.90 Å². The lowest BCUT2D eigenvalue weighted by atomic mass is 10.1. The van der Waals surface area contributed by atoms with E-state index in [4.69, 9.17) is 9.47 Å². The van der Waals surface area contributed by atoms with Crippen molar-refractivity contribution in [2.24, 2.45) is 0 Å². The Morgan fingerprint density at radius 3 is 2.27 bits per heavy atom. The molecular formula is C18H18F3NO4. The van der Waals surface area contributed by atoms with Gasteiger partial charge in [-0.1, -0.05) is 18.2 Å². The van der Waals surface area contributed by atoms with Crippen molar-refractivity contribution in [3.63, 3.8) is 0 Å². The molecule has 0 aliphatic rings. The van der Waals surface area contributed by atoms with E-state index in [9.17, 15) is 18.0 Å². The van der Waals surface area contributed by atoms with E-state index in [2.05, 4.69) is 4.74 Å². The average Bonchev–Trinajstić information content (AvgIpc) is 2.60. The van der Waals surface area contributed by atoms with Crippen molar-refractivity contribution in [2.45, 2.75) is 12.9 Å². The van der Waals surface area contributed by atoms with Crippen LogP contribution < -0.4 is 14.2 Å². The van der Waals surface area contributed by atoms with E-state index in [0.29, 0.717) is 17.1 Å². The number of amides is 1. The van der Waals surface area contributed by atoms with Gasteiger partial charge < -0.3 is 19.1 Å². The number of nitrogens with zero attached hydrogens (tertiary/aromatic N) is 1. The van der Waals surface area contributed by atoms with Gasteiger partial charge in [0.2, 0.25) is 0 Å². The van der Waals surface area contributed by atoms with Crippen molar-refractivity contribution in [2.75, 3.05) is 21.3 Å². The molecule has 0 saturated heterocycles. The summed E-state index contributed by atoms with van der Waals surface area (Å²) < 4.78 is 51.8. The fourth-order valence-corrected chi connectivity index (χ4v) is 2.38. The molecular weight excluding hydrogens is 351 g/mol. The second kappa shape index (κ2) is 7.99. The zero-order chi connectivity index (χ0) is 19.3. The quantitative estimate of drug-likeness (QED) is 0.776. The second-order valence-corrected chi connectivity index (χ2v) is 5.39. The summed E-state index contributed by atoms with van der Waals surface area (Å²) in [7, 11) is 4.41. The lowest BCUT2D eigenvalue weighted by molar-refractivity contribution is -0.275. The zero-order valence-electron chi connectivity index (χ0n) is 14.5. The molecule has 140 valence electrons. The monoisotopic (exact) mass is 369 g/mol. The summed E-state index contributed by atoms with van der Waals surface area (Å²) >= 11 is 0. The second-order valence-electron chi connectivity index (χ2n) is 5.39. The molecule has 2 aromatic rings. The molecule has 26 heavy (non-hydrogen) atoms. The van der Waals surface area contributed by atoms with Gasteiger partial charge >= 0.3 is 6.36 Å². The first-order chi connectivity index (χ1) is 12.2. The Morgan fingerprint density at radius 1 is 1.00 bits per heavy atom. The summed E-state index contributed by atoms with van der Waals surface area (Å²) in [6, 6.07) is 10.3. The molecule has 0 heterocycles. The number of alkyl halides is 3. The molecule has 2 aromatic carbocycles. The van der Waals surface area contributed by atoms with Crippen molar-refractivity contribution < 1.29 is 32.2 Å². The topological polar surface area (TPSA) is 48.0 Å². The van der Waals surface area contributed by atoms with Gasteiger partial charge in [-0.15, -0.1) is 13.2 Å². The third kappa shape index (κ3) is 4.81. The summed E-state index contributed by atoms with van der Waals surface area (Å²) in [4.78, 5) is 13.9. The number of hydrogen-bond donors (Lipinski definition) is 0. The van der Waals surface area contributed by atoms with E-state index in [0.717, 1.165) is 0 Å². The summed E-state index contributed by atoms with van der Waals surface area (Å²) in [6.45, 7) is -0.0561. The summed E-state index contributed by atoms with van der Waals surface area (Å²) in [5, 5.41) is 0. The van der Waals surface area contributed by atoms with Crippen LogP contribution in [0.4, 0.5) is 13.2 Å². The molecule has 0 unspecified atom stereocenters. The maximum atomic E-state index is 12.6. The van der Waals surface area contributed by atoms with Crippen LogP contribution in [0.2, 0.25) is 0 Å². The molecule has 0 radical (unpaired) electrons. The molecule has 0 aliphatic carbocycles. The van der Waals surface area contributed by atoms with Gasteiger partial charge in [0.25, 0.3) is 5.91 Å². The van der Waals surface area contributed by atoms with Crippen molar-refractivity contribution in [3.8, 4) is 17.2 Å². The standard InChI is InChI=1S/C18H18F3NO4/c1-22(11-13-6-4-5-7-14(13)26-18(19,20)21)17(23)12-8-9-15(24-2)16(10-12)25-3/h4-10H,11H2,1-3H3.